The van der Waals surface area contributed by atoms with Gasteiger partial charge in [-0.1, -0.05) is 27.7 Å². The summed E-state index contributed by atoms with van der Waals surface area (Å²) in [4.78, 5) is 0. The first-order chi connectivity index (χ1) is 4.52. The molecule has 2 fully saturated rings. The summed E-state index contributed by atoms with van der Waals surface area (Å²) in [5.41, 5.74) is 1.53. The van der Waals surface area contributed by atoms with Gasteiger partial charge in [0, 0.05) is 0 Å². The van der Waals surface area contributed by atoms with Gasteiger partial charge in [-0.15, -0.1) is 0 Å². The molecule has 2 rings (SSSR count). The molecule has 0 bridgehead atoms. The van der Waals surface area contributed by atoms with E-state index in [4.69, 9.17) is 0 Å². The molecule has 0 heteroatoms. The Hall–Kier alpha value is 0. The van der Waals surface area contributed by atoms with Crippen LogP contribution in [0.2, 0.25) is 0 Å². The van der Waals surface area contributed by atoms with Gasteiger partial charge in [0.15, 0.2) is 0 Å². The fraction of sp³-hybridized carbons (Fsp3) is 1.00. The van der Waals surface area contributed by atoms with Crippen molar-refractivity contribution in [3.8, 4) is 0 Å². The molecule has 0 heterocycles. The molecular formula is C10H18. The van der Waals surface area contributed by atoms with Crippen molar-refractivity contribution < 1.29 is 0 Å². The largest absolute Gasteiger partial charge is 0.0625 e. The minimum Gasteiger partial charge on any atom is -0.0625 e. The first-order valence-electron chi connectivity index (χ1n) is 4.52. The van der Waals surface area contributed by atoms with Gasteiger partial charge in [-0.05, 0) is 35.5 Å². The Balaban J connectivity index is 2.18. The number of fused-ring (bicyclic) bond motifs is 1. The molecule has 0 saturated heterocycles. The Bertz CT molecular complexity index is 155. The second-order valence-electron chi connectivity index (χ2n) is 5.06. The van der Waals surface area contributed by atoms with E-state index in [1.165, 1.54) is 12.8 Å². The van der Waals surface area contributed by atoms with E-state index < -0.39 is 0 Å². The van der Waals surface area contributed by atoms with Crippen LogP contribution in [-0.4, -0.2) is 0 Å². The maximum absolute atomic E-state index is 2.47. The van der Waals surface area contributed by atoms with E-state index >= 15 is 0 Å². The van der Waals surface area contributed by atoms with Gasteiger partial charge in [0.2, 0.25) is 0 Å². The Morgan fingerprint density at radius 1 is 1.10 bits per heavy atom. The highest BCUT2D eigenvalue weighted by molar-refractivity contribution is 5.24. The average molecular weight is 138 g/mol. The van der Waals surface area contributed by atoms with Crippen LogP contribution in [0.1, 0.15) is 40.5 Å². The molecular weight excluding hydrogens is 120 g/mol. The van der Waals surface area contributed by atoms with Crippen LogP contribution in [0.4, 0.5) is 0 Å². The van der Waals surface area contributed by atoms with Gasteiger partial charge in [0.1, 0.15) is 0 Å². The molecule has 0 aliphatic heterocycles. The van der Waals surface area contributed by atoms with Gasteiger partial charge >= 0.3 is 0 Å². The molecule has 58 valence electrons. The van der Waals surface area contributed by atoms with Gasteiger partial charge in [-0.25, -0.2) is 0 Å². The van der Waals surface area contributed by atoms with E-state index in [9.17, 15) is 0 Å². The minimum absolute atomic E-state index is 0.765. The summed E-state index contributed by atoms with van der Waals surface area (Å²) >= 11 is 0. The molecule has 10 heavy (non-hydrogen) atoms. The van der Waals surface area contributed by atoms with Crippen LogP contribution in [0, 0.1) is 22.7 Å². The Labute approximate surface area is 64.0 Å². The van der Waals surface area contributed by atoms with E-state index in [0.29, 0.717) is 0 Å². The van der Waals surface area contributed by atoms with Gasteiger partial charge in [0.05, 0.1) is 0 Å². The zero-order chi connectivity index (χ0) is 7.57. The van der Waals surface area contributed by atoms with Crippen molar-refractivity contribution in [2.24, 2.45) is 22.7 Å². The standard InChI is InChI=1S/C10H18/c1-7(2)8-9(3)5-6-10(8,9)4/h7-8H,5-6H2,1-4H3. The zero-order valence-corrected chi connectivity index (χ0v) is 7.57. The lowest BCUT2D eigenvalue weighted by atomic mass is 9.77. The van der Waals surface area contributed by atoms with Crippen LogP contribution in [0.25, 0.3) is 0 Å². The lowest BCUT2D eigenvalue weighted by Gasteiger charge is -2.28. The second kappa shape index (κ2) is 1.44. The molecule has 0 amide bonds. The second-order valence-corrected chi connectivity index (χ2v) is 5.06. The van der Waals surface area contributed by atoms with Crippen molar-refractivity contribution in [2.75, 3.05) is 0 Å². The van der Waals surface area contributed by atoms with Crippen LogP contribution in [0.5, 0.6) is 0 Å². The average Bonchev–Trinajstić information content (AvgIpc) is 2.13. The third kappa shape index (κ3) is 0.436. The van der Waals surface area contributed by atoms with Gasteiger partial charge in [-0.3, -0.25) is 0 Å². The highest BCUT2D eigenvalue weighted by atomic mass is 14.8. The molecule has 0 aromatic heterocycles. The molecule has 0 radical (unpaired) electrons. The summed E-state index contributed by atoms with van der Waals surface area (Å²) in [6.45, 7) is 9.70. The topological polar surface area (TPSA) is 0 Å². The molecule has 0 aromatic rings. The number of rotatable bonds is 1. The van der Waals surface area contributed by atoms with Crippen molar-refractivity contribution in [3.63, 3.8) is 0 Å². The molecule has 2 aliphatic rings. The first kappa shape index (κ1) is 6.69. The Kier molecular flexibility index (Phi) is 0.964. The molecule has 0 nitrogen and oxygen atoms in total. The summed E-state index contributed by atoms with van der Waals surface area (Å²) in [5.74, 6) is 1.96. The quantitative estimate of drug-likeness (QED) is 0.522. The highest BCUT2D eigenvalue weighted by Crippen LogP contribution is 2.83. The predicted molar refractivity (Wildman–Crippen MR) is 43.8 cm³/mol. The summed E-state index contributed by atoms with van der Waals surface area (Å²) in [5, 5.41) is 0. The molecule has 0 aromatic carbocycles. The van der Waals surface area contributed by atoms with Gasteiger partial charge in [0.25, 0.3) is 0 Å². The maximum Gasteiger partial charge on any atom is -0.0233 e. The van der Waals surface area contributed by atoms with E-state index in [0.717, 1.165) is 22.7 Å². The zero-order valence-electron chi connectivity index (χ0n) is 7.57. The van der Waals surface area contributed by atoms with E-state index in [1.807, 2.05) is 0 Å². The fourth-order valence-electron chi connectivity index (χ4n) is 3.70. The fourth-order valence-corrected chi connectivity index (χ4v) is 3.70. The SMILES string of the molecule is CC(C)C1C2(C)CCC12C. The van der Waals surface area contributed by atoms with Crippen LogP contribution < -0.4 is 0 Å². The summed E-state index contributed by atoms with van der Waals surface area (Å²) in [7, 11) is 0. The minimum atomic E-state index is 0.765. The van der Waals surface area contributed by atoms with Crippen molar-refractivity contribution >= 4 is 0 Å². The van der Waals surface area contributed by atoms with Crippen LogP contribution in [0.15, 0.2) is 0 Å². The number of hydrogen-bond acceptors (Lipinski definition) is 0. The van der Waals surface area contributed by atoms with Gasteiger partial charge < -0.3 is 0 Å². The smallest absolute Gasteiger partial charge is 0.0233 e. The van der Waals surface area contributed by atoms with E-state index in [2.05, 4.69) is 27.7 Å². The normalized spacial score (nSPS) is 57.9. The third-order valence-corrected chi connectivity index (χ3v) is 4.42. The molecule has 0 spiro atoms. The van der Waals surface area contributed by atoms with Crippen LogP contribution in [0.3, 0.4) is 0 Å². The molecule has 2 atom stereocenters. The maximum atomic E-state index is 2.47. The molecule has 2 unspecified atom stereocenters. The van der Waals surface area contributed by atoms with Crippen molar-refractivity contribution in [3.05, 3.63) is 0 Å². The van der Waals surface area contributed by atoms with Crippen molar-refractivity contribution in [1.82, 2.24) is 0 Å². The first-order valence-corrected chi connectivity index (χ1v) is 4.52. The van der Waals surface area contributed by atoms with Crippen LogP contribution >= 0.6 is 0 Å². The monoisotopic (exact) mass is 138 g/mol. The molecule has 0 N–H and O–H groups in total. The van der Waals surface area contributed by atoms with Crippen LogP contribution in [-0.2, 0) is 0 Å². The van der Waals surface area contributed by atoms with E-state index in [-0.39, 0.29) is 0 Å². The summed E-state index contributed by atoms with van der Waals surface area (Å²) < 4.78 is 0. The lowest BCUT2D eigenvalue weighted by molar-refractivity contribution is 0.219. The van der Waals surface area contributed by atoms with Crippen molar-refractivity contribution in [1.29, 1.82) is 0 Å². The molecule has 2 saturated carbocycles. The highest BCUT2D eigenvalue weighted by Gasteiger charge is 2.76. The van der Waals surface area contributed by atoms with Gasteiger partial charge in [-0.2, -0.15) is 0 Å². The predicted octanol–water partition coefficient (Wildman–Crippen LogP) is 3.08. The van der Waals surface area contributed by atoms with Crippen molar-refractivity contribution in [2.45, 2.75) is 40.5 Å². The lowest BCUT2D eigenvalue weighted by Crippen LogP contribution is -2.18. The number of hydrogen-bond donors (Lipinski definition) is 0. The Morgan fingerprint density at radius 3 is 1.60 bits per heavy atom. The Morgan fingerprint density at radius 2 is 1.50 bits per heavy atom. The summed E-state index contributed by atoms with van der Waals surface area (Å²) in [6, 6.07) is 0. The third-order valence-electron chi connectivity index (χ3n) is 4.42. The summed E-state index contributed by atoms with van der Waals surface area (Å²) in [6.07, 6.45) is 2.98. The van der Waals surface area contributed by atoms with E-state index in [1.54, 1.807) is 0 Å². The molecule has 2 aliphatic carbocycles.